The minimum absolute atomic E-state index is 0.186. The summed E-state index contributed by atoms with van der Waals surface area (Å²) in [5.41, 5.74) is 1.70. The van der Waals surface area contributed by atoms with Gasteiger partial charge in [-0.15, -0.1) is 0 Å². The summed E-state index contributed by atoms with van der Waals surface area (Å²) in [6, 6.07) is 6.79. The SMILES string of the molecule is O=C(NO)C1CC(S(=O)(=O)c2ccc(OCCCNC(=O)C3C4CC5CC(C4)CC3C5)cc2)CN(C2CC2)C1. The molecule has 0 aromatic heterocycles. The highest BCUT2D eigenvalue weighted by atomic mass is 32.2. The number of hydrogen-bond donors (Lipinski definition) is 3. The number of rotatable bonds is 10. The molecule has 5 saturated carbocycles. The van der Waals surface area contributed by atoms with E-state index in [4.69, 9.17) is 9.94 Å². The van der Waals surface area contributed by atoms with E-state index in [2.05, 4.69) is 10.2 Å². The standard InChI is InChI=1S/C29H41N3O6S/c33-28(31-35)22-15-26(17-32(16-22)23-2-3-23)39(36,37)25-6-4-24(5-7-25)38-9-1-8-30-29(34)27-20-11-18-10-19(13-20)14-21(27)12-18/h4-7,18-23,26-27,35H,1-3,8-17H2,(H,30,34)(H,31,33). The molecule has 10 heteroatoms. The number of likely N-dealkylation sites (tertiary alicyclic amines) is 1. The van der Waals surface area contributed by atoms with Gasteiger partial charge in [0.2, 0.25) is 11.8 Å². The van der Waals surface area contributed by atoms with Gasteiger partial charge in [0.15, 0.2) is 9.84 Å². The van der Waals surface area contributed by atoms with Crippen molar-refractivity contribution >= 4 is 21.7 Å². The van der Waals surface area contributed by atoms with E-state index in [1.54, 1.807) is 29.7 Å². The Morgan fingerprint density at radius 3 is 2.21 bits per heavy atom. The Morgan fingerprint density at radius 2 is 1.59 bits per heavy atom. The zero-order valence-corrected chi connectivity index (χ0v) is 23.3. The zero-order chi connectivity index (χ0) is 27.1. The lowest BCUT2D eigenvalue weighted by atomic mass is 9.51. The summed E-state index contributed by atoms with van der Waals surface area (Å²) >= 11 is 0. The highest BCUT2D eigenvalue weighted by Gasteiger charge is 2.50. The molecular weight excluding hydrogens is 518 g/mol. The first kappa shape index (κ1) is 27.0. The van der Waals surface area contributed by atoms with Gasteiger partial charge in [-0.05, 0) is 106 Å². The van der Waals surface area contributed by atoms with E-state index in [1.165, 1.54) is 32.1 Å². The van der Waals surface area contributed by atoms with Crippen molar-refractivity contribution in [1.29, 1.82) is 0 Å². The lowest BCUT2D eigenvalue weighted by Crippen LogP contribution is -2.51. The van der Waals surface area contributed by atoms with E-state index >= 15 is 0 Å². The Morgan fingerprint density at radius 1 is 0.923 bits per heavy atom. The molecular formula is C29H41N3O6S. The van der Waals surface area contributed by atoms with Gasteiger partial charge in [0.1, 0.15) is 5.75 Å². The number of piperidine rings is 1. The van der Waals surface area contributed by atoms with Crippen LogP contribution in [0.15, 0.2) is 29.2 Å². The van der Waals surface area contributed by atoms with Crippen molar-refractivity contribution in [1.82, 2.24) is 15.7 Å². The smallest absolute Gasteiger partial charge is 0.247 e. The molecule has 2 amide bonds. The second kappa shape index (κ2) is 11.0. The predicted molar refractivity (Wildman–Crippen MR) is 144 cm³/mol. The number of sulfone groups is 1. The fourth-order valence-corrected chi connectivity index (χ4v) is 9.97. The number of hydrogen-bond acceptors (Lipinski definition) is 7. The third-order valence-electron chi connectivity index (χ3n) is 9.99. The van der Waals surface area contributed by atoms with E-state index in [0.29, 0.717) is 56.3 Å². The molecule has 6 fully saturated rings. The molecule has 5 aliphatic carbocycles. The number of nitrogens with zero attached hydrogens (tertiary/aromatic N) is 1. The maximum Gasteiger partial charge on any atom is 0.247 e. The molecule has 214 valence electrons. The molecule has 1 aliphatic heterocycles. The van der Waals surface area contributed by atoms with E-state index in [9.17, 15) is 18.0 Å². The van der Waals surface area contributed by atoms with Crippen LogP contribution in [0.5, 0.6) is 5.75 Å². The molecule has 6 aliphatic rings. The summed E-state index contributed by atoms with van der Waals surface area (Å²) in [6.07, 6.45) is 9.22. The van der Waals surface area contributed by atoms with Crippen LogP contribution in [-0.4, -0.2) is 67.9 Å². The molecule has 1 aromatic rings. The molecule has 4 bridgehead atoms. The van der Waals surface area contributed by atoms with Crippen molar-refractivity contribution in [3.8, 4) is 5.75 Å². The molecule has 39 heavy (non-hydrogen) atoms. The number of benzene rings is 1. The largest absolute Gasteiger partial charge is 0.494 e. The molecule has 9 nitrogen and oxygen atoms in total. The van der Waals surface area contributed by atoms with E-state index in [-0.39, 0.29) is 23.1 Å². The number of hydroxylamine groups is 1. The van der Waals surface area contributed by atoms with Crippen molar-refractivity contribution in [2.45, 2.75) is 74.0 Å². The maximum absolute atomic E-state index is 13.4. The van der Waals surface area contributed by atoms with Crippen molar-refractivity contribution in [3.05, 3.63) is 24.3 Å². The Balaban J connectivity index is 0.975. The quantitative estimate of drug-likeness (QED) is 0.229. The van der Waals surface area contributed by atoms with Gasteiger partial charge in [-0.1, -0.05) is 0 Å². The van der Waals surface area contributed by atoms with Gasteiger partial charge in [-0.3, -0.25) is 19.7 Å². The molecule has 1 saturated heterocycles. The van der Waals surface area contributed by atoms with Crippen LogP contribution in [0.3, 0.4) is 0 Å². The molecule has 2 atom stereocenters. The predicted octanol–water partition coefficient (Wildman–Crippen LogP) is 2.78. The molecule has 1 aromatic carbocycles. The summed E-state index contributed by atoms with van der Waals surface area (Å²) in [7, 11) is -3.66. The second-order valence-electron chi connectivity index (χ2n) is 12.7. The molecule has 0 spiro atoms. The Kier molecular flexibility index (Phi) is 7.63. The highest BCUT2D eigenvalue weighted by Crippen LogP contribution is 2.56. The Hall–Kier alpha value is -2.17. The van der Waals surface area contributed by atoms with Crippen LogP contribution in [0.1, 0.15) is 57.8 Å². The number of ether oxygens (including phenoxy) is 1. The van der Waals surface area contributed by atoms with Crippen molar-refractivity contribution < 1.29 is 28.0 Å². The molecule has 2 unspecified atom stereocenters. The average Bonchev–Trinajstić information content (AvgIpc) is 3.78. The van der Waals surface area contributed by atoms with Gasteiger partial charge in [0.05, 0.1) is 22.7 Å². The number of amides is 2. The summed E-state index contributed by atoms with van der Waals surface area (Å²) in [4.78, 5) is 27.3. The number of nitrogens with one attached hydrogen (secondary N) is 2. The minimum Gasteiger partial charge on any atom is -0.494 e. The van der Waals surface area contributed by atoms with Crippen LogP contribution in [-0.2, 0) is 19.4 Å². The minimum atomic E-state index is -3.66. The fraction of sp³-hybridized carbons (Fsp3) is 0.724. The van der Waals surface area contributed by atoms with Crippen LogP contribution in [0.4, 0.5) is 0 Å². The summed E-state index contributed by atoms with van der Waals surface area (Å²) in [6.45, 7) is 1.88. The van der Waals surface area contributed by atoms with Gasteiger partial charge >= 0.3 is 0 Å². The Labute approximate surface area is 230 Å². The maximum atomic E-state index is 13.4. The number of carbonyl (C=O) groups excluding carboxylic acids is 2. The highest BCUT2D eigenvalue weighted by molar-refractivity contribution is 7.92. The van der Waals surface area contributed by atoms with Crippen molar-refractivity contribution in [3.63, 3.8) is 0 Å². The first-order chi connectivity index (χ1) is 18.8. The van der Waals surface area contributed by atoms with Crippen molar-refractivity contribution in [2.75, 3.05) is 26.2 Å². The van der Waals surface area contributed by atoms with Gasteiger partial charge in [-0.2, -0.15) is 0 Å². The molecule has 7 rings (SSSR count). The van der Waals surface area contributed by atoms with Gasteiger partial charge in [-0.25, -0.2) is 13.9 Å². The molecule has 1 heterocycles. The monoisotopic (exact) mass is 559 g/mol. The third-order valence-corrected chi connectivity index (χ3v) is 12.1. The lowest BCUT2D eigenvalue weighted by molar-refractivity contribution is -0.138. The van der Waals surface area contributed by atoms with Crippen LogP contribution in [0.2, 0.25) is 0 Å². The average molecular weight is 560 g/mol. The van der Waals surface area contributed by atoms with Crippen LogP contribution in [0, 0.1) is 35.5 Å². The topological polar surface area (TPSA) is 125 Å². The lowest BCUT2D eigenvalue weighted by Gasteiger charge is -2.53. The van der Waals surface area contributed by atoms with Crippen LogP contribution in [0.25, 0.3) is 0 Å². The fourth-order valence-electron chi connectivity index (χ4n) is 8.19. The van der Waals surface area contributed by atoms with Gasteiger partial charge in [0, 0.05) is 31.6 Å². The third kappa shape index (κ3) is 5.70. The van der Waals surface area contributed by atoms with Crippen LogP contribution >= 0.6 is 0 Å². The normalized spacial score (nSPS) is 34.0. The van der Waals surface area contributed by atoms with E-state index in [0.717, 1.165) is 24.7 Å². The second-order valence-corrected chi connectivity index (χ2v) is 14.9. The van der Waals surface area contributed by atoms with Crippen molar-refractivity contribution in [2.24, 2.45) is 35.5 Å². The van der Waals surface area contributed by atoms with E-state index in [1.807, 2.05) is 0 Å². The van der Waals surface area contributed by atoms with Gasteiger partial charge in [0.25, 0.3) is 0 Å². The van der Waals surface area contributed by atoms with Crippen LogP contribution < -0.4 is 15.5 Å². The first-order valence-electron chi connectivity index (χ1n) is 14.7. The summed E-state index contributed by atoms with van der Waals surface area (Å²) in [5.74, 6) is 2.79. The first-order valence-corrected chi connectivity index (χ1v) is 16.3. The van der Waals surface area contributed by atoms with Gasteiger partial charge < -0.3 is 10.1 Å². The summed E-state index contributed by atoms with van der Waals surface area (Å²) < 4.78 is 32.7. The number of carbonyl (C=O) groups is 2. The molecule has 0 radical (unpaired) electrons. The van der Waals surface area contributed by atoms with E-state index < -0.39 is 26.9 Å². The summed E-state index contributed by atoms with van der Waals surface area (Å²) in [5, 5.41) is 11.5. The molecule has 3 N–H and O–H groups in total. The zero-order valence-electron chi connectivity index (χ0n) is 22.5. The Bertz CT molecular complexity index is 1140.